The maximum atomic E-state index is 5.89. The zero-order valence-electron chi connectivity index (χ0n) is 12.9. The van der Waals surface area contributed by atoms with Crippen LogP contribution in [0.1, 0.15) is 24.5 Å². The van der Waals surface area contributed by atoms with Gasteiger partial charge in [0.1, 0.15) is 0 Å². The van der Waals surface area contributed by atoms with Crippen molar-refractivity contribution >= 4 is 5.95 Å². The van der Waals surface area contributed by atoms with E-state index in [1.165, 1.54) is 0 Å². The van der Waals surface area contributed by atoms with Crippen LogP contribution in [-0.2, 0) is 0 Å². The van der Waals surface area contributed by atoms with Gasteiger partial charge in [-0.25, -0.2) is 4.98 Å². The fourth-order valence-corrected chi connectivity index (χ4v) is 1.81. The Balaban J connectivity index is 2.26. The third-order valence-corrected chi connectivity index (χ3v) is 2.98. The van der Waals surface area contributed by atoms with Crippen LogP contribution in [0, 0.1) is 13.8 Å². The smallest absolute Gasteiger partial charge is 0.227 e. The predicted molar refractivity (Wildman–Crippen MR) is 83.4 cm³/mol. The van der Waals surface area contributed by atoms with Crippen molar-refractivity contribution in [3.63, 3.8) is 0 Å². The molecule has 2 rings (SSSR count). The maximum Gasteiger partial charge on any atom is 0.227 e. The SMILES string of the molecule is CCCNc1ncc(C)c(Oc2ccc(C)cc2OC)n1. The van der Waals surface area contributed by atoms with Gasteiger partial charge >= 0.3 is 0 Å². The quantitative estimate of drug-likeness (QED) is 0.877. The van der Waals surface area contributed by atoms with Crippen molar-refractivity contribution in [3.8, 4) is 17.4 Å². The number of ether oxygens (including phenoxy) is 2. The Hall–Kier alpha value is -2.30. The van der Waals surface area contributed by atoms with Crippen LogP contribution < -0.4 is 14.8 Å². The molecule has 2 aromatic rings. The summed E-state index contributed by atoms with van der Waals surface area (Å²) in [6, 6.07) is 5.79. The van der Waals surface area contributed by atoms with E-state index in [1.807, 2.05) is 32.0 Å². The van der Waals surface area contributed by atoms with Crippen LogP contribution in [0.3, 0.4) is 0 Å². The molecule has 21 heavy (non-hydrogen) atoms. The summed E-state index contributed by atoms with van der Waals surface area (Å²) in [5, 5.41) is 3.15. The number of aromatic nitrogens is 2. The Morgan fingerprint density at radius 3 is 2.71 bits per heavy atom. The van der Waals surface area contributed by atoms with Crippen molar-refractivity contribution in [3.05, 3.63) is 35.5 Å². The normalized spacial score (nSPS) is 10.3. The van der Waals surface area contributed by atoms with Crippen LogP contribution in [0.15, 0.2) is 24.4 Å². The monoisotopic (exact) mass is 287 g/mol. The van der Waals surface area contributed by atoms with Crippen molar-refractivity contribution in [2.45, 2.75) is 27.2 Å². The number of rotatable bonds is 6. The highest BCUT2D eigenvalue weighted by Gasteiger charge is 2.10. The standard InChI is InChI=1S/C16H21N3O2/c1-5-8-17-16-18-10-12(3)15(19-16)21-13-7-6-11(2)9-14(13)20-4/h6-7,9-10H,5,8H2,1-4H3,(H,17,18,19). The first-order valence-corrected chi connectivity index (χ1v) is 7.04. The topological polar surface area (TPSA) is 56.3 Å². The lowest BCUT2D eigenvalue weighted by molar-refractivity contribution is 0.372. The Morgan fingerprint density at radius 1 is 1.19 bits per heavy atom. The van der Waals surface area contributed by atoms with E-state index in [2.05, 4.69) is 22.2 Å². The minimum atomic E-state index is 0.533. The first-order valence-electron chi connectivity index (χ1n) is 7.04. The zero-order chi connectivity index (χ0) is 15.2. The highest BCUT2D eigenvalue weighted by molar-refractivity contribution is 5.45. The van der Waals surface area contributed by atoms with Crippen LogP contribution in [0.2, 0.25) is 0 Å². The largest absolute Gasteiger partial charge is 0.493 e. The summed E-state index contributed by atoms with van der Waals surface area (Å²) in [5.74, 6) is 2.44. The molecule has 0 amide bonds. The number of anilines is 1. The van der Waals surface area contributed by atoms with E-state index in [1.54, 1.807) is 13.3 Å². The third-order valence-electron chi connectivity index (χ3n) is 2.98. The second-order valence-corrected chi connectivity index (χ2v) is 4.86. The zero-order valence-corrected chi connectivity index (χ0v) is 12.9. The van der Waals surface area contributed by atoms with Crippen molar-refractivity contribution in [1.29, 1.82) is 0 Å². The average molecular weight is 287 g/mol. The molecule has 0 saturated heterocycles. The molecular weight excluding hydrogens is 266 g/mol. The van der Waals surface area contributed by atoms with Crippen LogP contribution in [0.5, 0.6) is 17.4 Å². The first-order chi connectivity index (χ1) is 10.1. The van der Waals surface area contributed by atoms with Crippen LogP contribution >= 0.6 is 0 Å². The van der Waals surface area contributed by atoms with Gasteiger partial charge in [-0.1, -0.05) is 13.0 Å². The molecule has 0 fully saturated rings. The summed E-state index contributed by atoms with van der Waals surface area (Å²) in [5.41, 5.74) is 1.99. The van der Waals surface area contributed by atoms with E-state index >= 15 is 0 Å². The highest BCUT2D eigenvalue weighted by Crippen LogP contribution is 2.32. The van der Waals surface area contributed by atoms with E-state index in [-0.39, 0.29) is 0 Å². The number of aryl methyl sites for hydroxylation is 2. The number of hydrogen-bond acceptors (Lipinski definition) is 5. The van der Waals surface area contributed by atoms with Gasteiger partial charge in [0.05, 0.1) is 7.11 Å². The number of methoxy groups -OCH3 is 1. The van der Waals surface area contributed by atoms with Gasteiger partial charge in [-0.15, -0.1) is 0 Å². The summed E-state index contributed by atoms with van der Waals surface area (Å²) in [6.07, 6.45) is 2.76. The minimum Gasteiger partial charge on any atom is -0.493 e. The molecule has 0 saturated carbocycles. The van der Waals surface area contributed by atoms with Crippen LogP contribution in [0.4, 0.5) is 5.95 Å². The molecule has 0 spiro atoms. The van der Waals surface area contributed by atoms with Gasteiger partial charge in [-0.2, -0.15) is 4.98 Å². The second-order valence-electron chi connectivity index (χ2n) is 4.86. The van der Waals surface area contributed by atoms with Gasteiger partial charge in [-0.3, -0.25) is 0 Å². The Kier molecular flexibility index (Phi) is 4.98. The predicted octanol–water partition coefficient (Wildman–Crippen LogP) is 3.72. The Morgan fingerprint density at radius 2 is 2.00 bits per heavy atom. The Bertz CT molecular complexity index is 614. The van der Waals surface area contributed by atoms with Crippen molar-refractivity contribution < 1.29 is 9.47 Å². The number of nitrogens with one attached hydrogen (secondary N) is 1. The van der Waals surface area contributed by atoms with Gasteiger partial charge in [0, 0.05) is 18.3 Å². The number of nitrogens with zero attached hydrogens (tertiary/aromatic N) is 2. The van der Waals surface area contributed by atoms with E-state index in [0.717, 1.165) is 24.1 Å². The van der Waals surface area contributed by atoms with Gasteiger partial charge in [0.25, 0.3) is 0 Å². The summed E-state index contributed by atoms with van der Waals surface area (Å²) in [6.45, 7) is 6.85. The summed E-state index contributed by atoms with van der Waals surface area (Å²) in [7, 11) is 1.63. The molecular formula is C16H21N3O2. The van der Waals surface area contributed by atoms with E-state index in [4.69, 9.17) is 9.47 Å². The molecule has 112 valence electrons. The van der Waals surface area contributed by atoms with Crippen molar-refractivity contribution in [2.24, 2.45) is 0 Å². The molecule has 0 aliphatic heterocycles. The lowest BCUT2D eigenvalue weighted by Crippen LogP contribution is -2.05. The first kappa shape index (κ1) is 15.1. The fourth-order valence-electron chi connectivity index (χ4n) is 1.81. The maximum absolute atomic E-state index is 5.89. The molecule has 5 heteroatoms. The molecule has 0 aliphatic carbocycles. The molecule has 0 radical (unpaired) electrons. The van der Waals surface area contributed by atoms with Gasteiger partial charge in [0.15, 0.2) is 11.5 Å². The lowest BCUT2D eigenvalue weighted by atomic mass is 10.2. The summed E-state index contributed by atoms with van der Waals surface area (Å²) < 4.78 is 11.2. The molecule has 1 aromatic heterocycles. The molecule has 1 N–H and O–H groups in total. The fraction of sp³-hybridized carbons (Fsp3) is 0.375. The molecule has 5 nitrogen and oxygen atoms in total. The molecule has 1 aromatic carbocycles. The van der Waals surface area contributed by atoms with Gasteiger partial charge in [0.2, 0.25) is 11.8 Å². The molecule has 0 bridgehead atoms. The number of benzene rings is 1. The molecule has 0 unspecified atom stereocenters. The highest BCUT2D eigenvalue weighted by atomic mass is 16.5. The van der Waals surface area contributed by atoms with Crippen LogP contribution in [-0.4, -0.2) is 23.6 Å². The van der Waals surface area contributed by atoms with Crippen LogP contribution in [0.25, 0.3) is 0 Å². The van der Waals surface area contributed by atoms with Gasteiger partial charge < -0.3 is 14.8 Å². The van der Waals surface area contributed by atoms with E-state index in [9.17, 15) is 0 Å². The Labute approximate surface area is 125 Å². The van der Waals surface area contributed by atoms with E-state index < -0.39 is 0 Å². The molecule has 0 aliphatic rings. The number of hydrogen-bond donors (Lipinski definition) is 1. The lowest BCUT2D eigenvalue weighted by Gasteiger charge is -2.12. The van der Waals surface area contributed by atoms with Crippen molar-refractivity contribution in [2.75, 3.05) is 19.0 Å². The minimum absolute atomic E-state index is 0.533. The average Bonchev–Trinajstić information content (AvgIpc) is 2.49. The van der Waals surface area contributed by atoms with Gasteiger partial charge in [-0.05, 0) is 38.0 Å². The van der Waals surface area contributed by atoms with E-state index in [0.29, 0.717) is 23.3 Å². The third kappa shape index (κ3) is 3.84. The molecule has 1 heterocycles. The summed E-state index contributed by atoms with van der Waals surface area (Å²) in [4.78, 5) is 8.64. The van der Waals surface area contributed by atoms with Crippen molar-refractivity contribution in [1.82, 2.24) is 9.97 Å². The summed E-state index contributed by atoms with van der Waals surface area (Å²) >= 11 is 0. The molecule has 0 atom stereocenters. The second kappa shape index (κ2) is 6.92.